The maximum absolute atomic E-state index is 14.3. The van der Waals surface area contributed by atoms with Gasteiger partial charge >= 0.3 is 0 Å². The Morgan fingerprint density at radius 1 is 1.18 bits per heavy atom. The molecule has 0 saturated carbocycles. The number of methoxy groups -OCH3 is 1. The average Bonchev–Trinajstić information content (AvgIpc) is 3.13. The van der Waals surface area contributed by atoms with Gasteiger partial charge in [0.1, 0.15) is 12.4 Å². The molecule has 0 spiro atoms. The molecule has 148 valence electrons. The zero-order valence-electron chi connectivity index (χ0n) is 15.4. The van der Waals surface area contributed by atoms with Crippen LogP contribution in [0.4, 0.5) is 20.4 Å². The van der Waals surface area contributed by atoms with Crippen molar-refractivity contribution < 1.29 is 18.3 Å². The third kappa shape index (κ3) is 4.34. The van der Waals surface area contributed by atoms with E-state index in [2.05, 4.69) is 20.4 Å². The van der Waals surface area contributed by atoms with Crippen LogP contribution in [0.25, 0.3) is 0 Å². The summed E-state index contributed by atoms with van der Waals surface area (Å²) >= 11 is 0. The van der Waals surface area contributed by atoms with E-state index in [9.17, 15) is 8.78 Å². The van der Waals surface area contributed by atoms with Crippen LogP contribution < -0.4 is 20.5 Å². The predicted molar refractivity (Wildman–Crippen MR) is 98.6 cm³/mol. The van der Waals surface area contributed by atoms with Gasteiger partial charge in [-0.2, -0.15) is 5.10 Å². The smallest absolute Gasteiger partial charge is 0.227 e. The quantitative estimate of drug-likeness (QED) is 0.610. The number of nitrogens with zero attached hydrogens (tertiary/aromatic N) is 4. The van der Waals surface area contributed by atoms with E-state index in [0.717, 1.165) is 0 Å². The molecule has 0 aliphatic heterocycles. The Morgan fingerprint density at radius 2 is 1.93 bits per heavy atom. The number of nitrogens with one attached hydrogen (secondary N) is 1. The van der Waals surface area contributed by atoms with Crippen molar-refractivity contribution in [2.45, 2.75) is 20.1 Å². The third-order valence-corrected chi connectivity index (χ3v) is 3.92. The van der Waals surface area contributed by atoms with Gasteiger partial charge in [0, 0.05) is 12.7 Å². The maximum atomic E-state index is 14.3. The molecule has 0 amide bonds. The average molecular weight is 390 g/mol. The fourth-order valence-electron chi connectivity index (χ4n) is 2.50. The molecule has 3 N–H and O–H groups in total. The van der Waals surface area contributed by atoms with E-state index >= 15 is 0 Å². The number of hydrogen-bond donors (Lipinski definition) is 2. The Hall–Kier alpha value is -3.27. The first-order valence-electron chi connectivity index (χ1n) is 8.47. The van der Waals surface area contributed by atoms with Crippen molar-refractivity contribution >= 4 is 11.6 Å². The lowest BCUT2D eigenvalue weighted by atomic mass is 10.1. The van der Waals surface area contributed by atoms with Crippen molar-refractivity contribution in [3.63, 3.8) is 0 Å². The number of anilines is 2. The van der Waals surface area contributed by atoms with Gasteiger partial charge in [0.15, 0.2) is 17.3 Å². The van der Waals surface area contributed by atoms with Gasteiger partial charge in [-0.05, 0) is 18.6 Å². The van der Waals surface area contributed by atoms with Crippen molar-refractivity contribution in [3.05, 3.63) is 53.6 Å². The molecule has 2 aromatic heterocycles. The summed E-state index contributed by atoms with van der Waals surface area (Å²) in [5, 5.41) is 7.12. The first kappa shape index (κ1) is 19.5. The van der Waals surface area contributed by atoms with Gasteiger partial charge in [0.05, 0.1) is 43.5 Å². The number of halogens is 2. The second-order valence-corrected chi connectivity index (χ2v) is 5.94. The minimum Gasteiger partial charge on any atom is -0.494 e. The molecule has 3 rings (SSSR count). The van der Waals surface area contributed by atoms with E-state index in [1.165, 1.54) is 32.5 Å². The molecule has 0 saturated heterocycles. The molecule has 0 bridgehead atoms. The number of aryl methyl sites for hydroxylation is 1. The number of nitrogens with two attached hydrogens (primary N) is 1. The summed E-state index contributed by atoms with van der Waals surface area (Å²) in [7, 11) is 1.32. The molecule has 0 radical (unpaired) electrons. The summed E-state index contributed by atoms with van der Waals surface area (Å²) < 4.78 is 40.5. The van der Waals surface area contributed by atoms with Crippen LogP contribution in [0.1, 0.15) is 11.1 Å². The normalized spacial score (nSPS) is 10.8. The van der Waals surface area contributed by atoms with Crippen LogP contribution in [0.3, 0.4) is 0 Å². The van der Waals surface area contributed by atoms with E-state index in [1.807, 2.05) is 0 Å². The number of ether oxygens (including phenoxy) is 2. The largest absolute Gasteiger partial charge is 0.494 e. The SMILES string of the molecule is COc1cc(C)c(F)c(COc2cnc(Nc3cnn(CCN)c3)nc2)c1F. The van der Waals surface area contributed by atoms with Gasteiger partial charge in [-0.25, -0.2) is 18.7 Å². The van der Waals surface area contributed by atoms with E-state index < -0.39 is 11.6 Å². The Balaban J connectivity index is 1.65. The van der Waals surface area contributed by atoms with Crippen LogP contribution in [0.2, 0.25) is 0 Å². The van der Waals surface area contributed by atoms with Gasteiger partial charge in [-0.1, -0.05) is 0 Å². The van der Waals surface area contributed by atoms with E-state index in [1.54, 1.807) is 17.1 Å². The number of aromatic nitrogens is 4. The standard InChI is InChI=1S/C18H20F2N6O2/c1-11-5-15(27-2)17(20)14(16(11)19)10-28-13-7-22-18(23-8-13)25-12-6-24-26(9-12)4-3-21/h5-9H,3-4,10,21H2,1-2H3,(H,22,23,25). The Bertz CT molecular complexity index is 946. The molecule has 0 fully saturated rings. The first-order chi connectivity index (χ1) is 13.5. The number of rotatable bonds is 8. The van der Waals surface area contributed by atoms with Gasteiger partial charge in [0.2, 0.25) is 5.95 Å². The highest BCUT2D eigenvalue weighted by Crippen LogP contribution is 2.27. The third-order valence-electron chi connectivity index (χ3n) is 3.92. The lowest BCUT2D eigenvalue weighted by molar-refractivity contribution is 0.285. The monoisotopic (exact) mass is 390 g/mol. The van der Waals surface area contributed by atoms with Gasteiger partial charge in [-0.3, -0.25) is 4.68 Å². The number of benzene rings is 1. The summed E-state index contributed by atoms with van der Waals surface area (Å²) in [6.45, 7) is 2.29. The highest BCUT2D eigenvalue weighted by atomic mass is 19.1. The molecule has 0 aliphatic rings. The summed E-state index contributed by atoms with van der Waals surface area (Å²) in [6, 6.07) is 1.30. The number of hydrogen-bond acceptors (Lipinski definition) is 7. The second kappa shape index (κ2) is 8.61. The lowest BCUT2D eigenvalue weighted by Crippen LogP contribution is -2.09. The Morgan fingerprint density at radius 3 is 2.61 bits per heavy atom. The molecule has 28 heavy (non-hydrogen) atoms. The van der Waals surface area contributed by atoms with E-state index in [0.29, 0.717) is 24.7 Å². The molecular weight excluding hydrogens is 370 g/mol. The van der Waals surface area contributed by atoms with Crippen LogP contribution in [-0.2, 0) is 13.2 Å². The highest BCUT2D eigenvalue weighted by molar-refractivity contribution is 5.50. The fourth-order valence-corrected chi connectivity index (χ4v) is 2.50. The minimum atomic E-state index is -0.792. The lowest BCUT2D eigenvalue weighted by Gasteiger charge is -2.12. The molecule has 1 aromatic carbocycles. The van der Waals surface area contributed by atoms with E-state index in [-0.39, 0.29) is 29.2 Å². The van der Waals surface area contributed by atoms with Gasteiger partial charge in [-0.15, -0.1) is 0 Å². The van der Waals surface area contributed by atoms with Crippen LogP contribution in [0, 0.1) is 18.6 Å². The van der Waals surface area contributed by atoms with E-state index in [4.69, 9.17) is 15.2 Å². The summed E-state index contributed by atoms with van der Waals surface area (Å²) in [6.07, 6.45) is 6.21. The molecule has 0 aliphatic carbocycles. The van der Waals surface area contributed by atoms with Crippen LogP contribution in [0.5, 0.6) is 11.5 Å². The molecular formula is C18H20F2N6O2. The minimum absolute atomic E-state index is 0.0384. The van der Waals surface area contributed by atoms with Gasteiger partial charge < -0.3 is 20.5 Å². The molecule has 0 atom stereocenters. The zero-order valence-corrected chi connectivity index (χ0v) is 15.4. The highest BCUT2D eigenvalue weighted by Gasteiger charge is 2.18. The molecule has 8 nitrogen and oxygen atoms in total. The first-order valence-corrected chi connectivity index (χ1v) is 8.47. The topological polar surface area (TPSA) is 100 Å². The predicted octanol–water partition coefficient (Wildman–Crippen LogP) is 2.55. The molecule has 0 unspecified atom stereocenters. The summed E-state index contributed by atoms with van der Waals surface area (Å²) in [5.74, 6) is -0.910. The van der Waals surface area contributed by atoms with Gasteiger partial charge in [0.25, 0.3) is 0 Å². The van der Waals surface area contributed by atoms with Crippen molar-refractivity contribution in [2.75, 3.05) is 19.0 Å². The molecule has 3 aromatic rings. The summed E-state index contributed by atoms with van der Waals surface area (Å²) in [4.78, 5) is 8.23. The Kier molecular flexibility index (Phi) is 5.99. The zero-order chi connectivity index (χ0) is 20.1. The van der Waals surface area contributed by atoms with Crippen LogP contribution >= 0.6 is 0 Å². The molecule has 2 heterocycles. The molecule has 10 heteroatoms. The fraction of sp³-hybridized carbons (Fsp3) is 0.278. The second-order valence-electron chi connectivity index (χ2n) is 5.94. The van der Waals surface area contributed by atoms with Crippen molar-refractivity contribution in [1.29, 1.82) is 0 Å². The maximum Gasteiger partial charge on any atom is 0.227 e. The van der Waals surface area contributed by atoms with Crippen LogP contribution in [0.15, 0.2) is 30.9 Å². The summed E-state index contributed by atoms with van der Waals surface area (Å²) in [5.41, 5.74) is 6.24. The van der Waals surface area contributed by atoms with Crippen molar-refractivity contribution in [2.24, 2.45) is 5.73 Å². The van der Waals surface area contributed by atoms with Crippen molar-refractivity contribution in [1.82, 2.24) is 19.7 Å². The van der Waals surface area contributed by atoms with Crippen molar-refractivity contribution in [3.8, 4) is 11.5 Å². The van der Waals surface area contributed by atoms with Crippen LogP contribution in [-0.4, -0.2) is 33.4 Å². The Labute approximate surface area is 160 Å².